The lowest BCUT2D eigenvalue weighted by Crippen LogP contribution is -2.25. The molecule has 1 N–H and O–H groups in total. The van der Waals surface area contributed by atoms with Gasteiger partial charge in [-0.1, -0.05) is 18.1 Å². The number of benzene rings is 2. The summed E-state index contributed by atoms with van der Waals surface area (Å²) < 4.78 is 7.49. The van der Waals surface area contributed by atoms with Crippen LogP contribution in [0.25, 0.3) is 33.1 Å². The van der Waals surface area contributed by atoms with Crippen LogP contribution in [-0.4, -0.2) is 25.2 Å². The lowest BCUT2D eigenvalue weighted by Gasteiger charge is -2.21. The fraction of sp³-hybridized carbons (Fsp3) is 0.190. The molecule has 2 heterocycles. The summed E-state index contributed by atoms with van der Waals surface area (Å²) in [5, 5.41) is 10.7. The van der Waals surface area contributed by atoms with Gasteiger partial charge < -0.3 is 14.4 Å². The van der Waals surface area contributed by atoms with Crippen LogP contribution in [0, 0.1) is 12.3 Å². The van der Waals surface area contributed by atoms with Crippen LogP contribution in [0.15, 0.2) is 41.2 Å². The molecule has 0 fully saturated rings. The van der Waals surface area contributed by atoms with Gasteiger partial charge in [-0.05, 0) is 26.0 Å². The van der Waals surface area contributed by atoms with Crippen molar-refractivity contribution < 1.29 is 9.84 Å². The van der Waals surface area contributed by atoms with Crippen molar-refractivity contribution in [1.29, 1.82) is 0 Å². The zero-order valence-corrected chi connectivity index (χ0v) is 15.1. The zero-order valence-electron chi connectivity index (χ0n) is 15.1. The molecule has 0 saturated carbocycles. The number of aromatic hydroxyl groups is 1. The lowest BCUT2D eigenvalue weighted by molar-refractivity contribution is 0.172. The minimum absolute atomic E-state index is 0.167. The molecule has 2 aromatic carbocycles. The second kappa shape index (κ2) is 5.71. The first-order valence-electron chi connectivity index (χ1n) is 8.40. The minimum Gasteiger partial charge on any atom is -0.507 e. The second-order valence-corrected chi connectivity index (χ2v) is 6.87. The molecule has 6 heteroatoms. The molecule has 27 heavy (non-hydrogen) atoms. The fourth-order valence-electron chi connectivity index (χ4n) is 3.08. The summed E-state index contributed by atoms with van der Waals surface area (Å²) >= 11 is 0. The van der Waals surface area contributed by atoms with Crippen LogP contribution in [0.5, 0.6) is 11.5 Å². The van der Waals surface area contributed by atoms with Crippen molar-refractivity contribution in [3.63, 3.8) is 0 Å². The Morgan fingerprint density at radius 3 is 2.52 bits per heavy atom. The summed E-state index contributed by atoms with van der Waals surface area (Å²) in [6.45, 7) is 3.48. The van der Waals surface area contributed by atoms with Crippen molar-refractivity contribution in [2.24, 2.45) is 7.05 Å². The number of para-hydroxylation sites is 2. The predicted molar refractivity (Wildman–Crippen MR) is 105 cm³/mol. The van der Waals surface area contributed by atoms with Crippen LogP contribution >= 0.6 is 0 Å². The Hall–Kier alpha value is -3.59. The van der Waals surface area contributed by atoms with Gasteiger partial charge in [0.2, 0.25) is 5.43 Å². The van der Waals surface area contributed by atoms with Crippen LogP contribution < -0.4 is 10.2 Å². The van der Waals surface area contributed by atoms with Crippen molar-refractivity contribution in [2.45, 2.75) is 19.4 Å². The highest BCUT2D eigenvalue weighted by Crippen LogP contribution is 2.31. The van der Waals surface area contributed by atoms with Crippen molar-refractivity contribution in [1.82, 2.24) is 14.5 Å². The van der Waals surface area contributed by atoms with Crippen molar-refractivity contribution in [3.8, 4) is 23.8 Å². The average molecular weight is 359 g/mol. The molecular weight excluding hydrogens is 342 g/mol. The normalized spacial score (nSPS) is 11.8. The van der Waals surface area contributed by atoms with E-state index in [0.29, 0.717) is 27.9 Å². The second-order valence-electron chi connectivity index (χ2n) is 6.87. The molecular formula is C21H17N3O3. The number of hydrogen-bond acceptors (Lipinski definition) is 5. The van der Waals surface area contributed by atoms with Crippen LogP contribution in [0.3, 0.4) is 0 Å². The van der Waals surface area contributed by atoms with Gasteiger partial charge in [0, 0.05) is 19.2 Å². The van der Waals surface area contributed by atoms with E-state index in [1.54, 1.807) is 37.6 Å². The third-order valence-corrected chi connectivity index (χ3v) is 4.46. The van der Waals surface area contributed by atoms with E-state index >= 15 is 0 Å². The first kappa shape index (κ1) is 16.9. The molecule has 0 saturated heterocycles. The van der Waals surface area contributed by atoms with Crippen LogP contribution in [0.4, 0.5) is 0 Å². The molecule has 2 aromatic heterocycles. The number of phenols is 1. The number of ether oxygens (including phenoxy) is 1. The lowest BCUT2D eigenvalue weighted by atomic mass is 10.1. The molecule has 0 amide bonds. The van der Waals surface area contributed by atoms with Gasteiger partial charge in [0.05, 0.1) is 21.9 Å². The van der Waals surface area contributed by atoms with Gasteiger partial charge in [0.1, 0.15) is 11.5 Å². The van der Waals surface area contributed by atoms with E-state index in [2.05, 4.69) is 15.9 Å². The Kier molecular flexibility index (Phi) is 3.57. The number of nitrogens with zero attached hydrogens (tertiary/aromatic N) is 3. The molecule has 0 spiro atoms. The minimum atomic E-state index is -0.855. The number of pyridine rings is 1. The van der Waals surface area contributed by atoms with E-state index in [1.807, 2.05) is 18.2 Å². The molecule has 134 valence electrons. The molecule has 0 bridgehead atoms. The Morgan fingerprint density at radius 2 is 1.85 bits per heavy atom. The monoisotopic (exact) mass is 359 g/mol. The largest absolute Gasteiger partial charge is 0.507 e. The Balaban J connectivity index is 2.10. The summed E-state index contributed by atoms with van der Waals surface area (Å²) in [7, 11) is 1.77. The third-order valence-electron chi connectivity index (χ3n) is 4.46. The van der Waals surface area contributed by atoms with Gasteiger partial charge in [-0.25, -0.2) is 9.97 Å². The van der Waals surface area contributed by atoms with Gasteiger partial charge in [0.25, 0.3) is 0 Å². The Labute approximate surface area is 155 Å². The highest BCUT2D eigenvalue weighted by Gasteiger charge is 2.20. The standard InChI is InChI=1S/C21H17N3O3/c1-5-21(2,3)27-12-10-15-17(16(25)11-12)19(26)18-20(24(15)4)23-14-9-7-6-8-13(14)22-18/h1,6-11,25H,2-4H3. The maximum atomic E-state index is 13.0. The van der Waals surface area contributed by atoms with Crippen molar-refractivity contribution in [3.05, 3.63) is 46.6 Å². The molecule has 6 nitrogen and oxygen atoms in total. The van der Waals surface area contributed by atoms with E-state index in [-0.39, 0.29) is 22.1 Å². The summed E-state index contributed by atoms with van der Waals surface area (Å²) in [6.07, 6.45) is 5.48. The number of aromatic nitrogens is 3. The number of terminal acetylenes is 1. The van der Waals surface area contributed by atoms with Crippen molar-refractivity contribution in [2.75, 3.05) is 0 Å². The number of phenolic OH excluding ortho intramolecular Hbond substituents is 1. The summed E-state index contributed by atoms with van der Waals surface area (Å²) in [5.74, 6) is 2.72. The third kappa shape index (κ3) is 2.64. The number of hydrogen-bond donors (Lipinski definition) is 1. The molecule has 0 radical (unpaired) electrons. The average Bonchev–Trinajstić information content (AvgIpc) is 2.64. The number of aryl methyl sites for hydroxylation is 1. The Morgan fingerprint density at radius 1 is 1.19 bits per heavy atom. The fourth-order valence-corrected chi connectivity index (χ4v) is 3.08. The Bertz CT molecular complexity index is 1330. The highest BCUT2D eigenvalue weighted by molar-refractivity contribution is 5.96. The molecule has 0 atom stereocenters. The summed E-state index contributed by atoms with van der Waals surface area (Å²) in [5.41, 5.74) is 1.19. The van der Waals surface area contributed by atoms with Crippen LogP contribution in [0.1, 0.15) is 13.8 Å². The van der Waals surface area contributed by atoms with Gasteiger partial charge in [-0.3, -0.25) is 4.79 Å². The number of fused-ring (bicyclic) bond motifs is 3. The van der Waals surface area contributed by atoms with Gasteiger partial charge in [0.15, 0.2) is 16.8 Å². The highest BCUT2D eigenvalue weighted by atomic mass is 16.5. The van der Waals surface area contributed by atoms with E-state index in [9.17, 15) is 9.90 Å². The first-order chi connectivity index (χ1) is 12.8. The van der Waals surface area contributed by atoms with Gasteiger partial charge in [-0.15, -0.1) is 6.42 Å². The van der Waals surface area contributed by atoms with E-state index in [4.69, 9.17) is 11.2 Å². The summed E-state index contributed by atoms with van der Waals surface area (Å²) in [4.78, 5) is 22.1. The smallest absolute Gasteiger partial charge is 0.221 e. The van der Waals surface area contributed by atoms with E-state index < -0.39 is 5.60 Å². The molecule has 0 aliphatic heterocycles. The maximum absolute atomic E-state index is 13.0. The number of rotatable bonds is 2. The molecule has 0 aliphatic carbocycles. The first-order valence-corrected chi connectivity index (χ1v) is 8.40. The topological polar surface area (TPSA) is 77.2 Å². The molecule has 4 aromatic rings. The zero-order chi connectivity index (χ0) is 19.3. The van der Waals surface area contributed by atoms with E-state index in [1.165, 1.54) is 6.07 Å². The maximum Gasteiger partial charge on any atom is 0.221 e. The van der Waals surface area contributed by atoms with Crippen LogP contribution in [-0.2, 0) is 7.05 Å². The SMILES string of the molecule is C#CC(C)(C)Oc1cc(O)c2c(=O)c3nc4ccccc4nc3n(C)c2c1. The predicted octanol–water partition coefficient (Wildman–Crippen LogP) is 3.13. The summed E-state index contributed by atoms with van der Waals surface area (Å²) in [6, 6.07) is 10.4. The van der Waals surface area contributed by atoms with Gasteiger partial charge >= 0.3 is 0 Å². The molecule has 0 unspecified atom stereocenters. The molecule has 0 aliphatic rings. The quantitative estimate of drug-likeness (QED) is 0.439. The van der Waals surface area contributed by atoms with Gasteiger partial charge in [-0.2, -0.15) is 0 Å². The van der Waals surface area contributed by atoms with Crippen LogP contribution in [0.2, 0.25) is 0 Å². The van der Waals surface area contributed by atoms with E-state index in [0.717, 1.165) is 0 Å². The van der Waals surface area contributed by atoms with Crippen molar-refractivity contribution >= 4 is 33.1 Å². The molecule has 4 rings (SSSR count).